The Labute approximate surface area is 265 Å². The maximum Gasteiger partial charge on any atom is 0.330 e. The minimum absolute atomic E-state index is 0.170. The van der Waals surface area contributed by atoms with E-state index in [0.29, 0.717) is 76.8 Å². The molecule has 11 heteroatoms. The van der Waals surface area contributed by atoms with Gasteiger partial charge in [0, 0.05) is 62.3 Å². The summed E-state index contributed by atoms with van der Waals surface area (Å²) >= 11 is 6.99. The molecule has 0 bridgehead atoms. The first-order valence-electron chi connectivity index (χ1n) is 14.6. The van der Waals surface area contributed by atoms with Crippen molar-refractivity contribution < 1.29 is 19.0 Å². The second kappa shape index (κ2) is 12.6. The maximum atomic E-state index is 15.6. The average Bonchev–Trinajstić information content (AvgIpc) is 3.01. The molecule has 1 saturated heterocycles. The molecular formula is C34H36ClFN4O5. The third kappa shape index (κ3) is 6.45. The molecule has 1 aliphatic rings. The lowest BCUT2D eigenvalue weighted by Crippen LogP contribution is -2.42. The number of nitrogens with zero attached hydrogens (tertiary/aromatic N) is 3. The van der Waals surface area contributed by atoms with Gasteiger partial charge in [0.15, 0.2) is 0 Å². The Kier molecular flexibility index (Phi) is 9.02. The molecule has 0 unspecified atom stereocenters. The lowest BCUT2D eigenvalue weighted by atomic mass is 9.93. The van der Waals surface area contributed by atoms with E-state index in [1.807, 2.05) is 38.1 Å². The molecule has 236 valence electrons. The van der Waals surface area contributed by atoms with Crippen LogP contribution in [0.1, 0.15) is 41.3 Å². The number of carbonyl (C=O) groups is 1. The van der Waals surface area contributed by atoms with Crippen LogP contribution >= 0.6 is 11.6 Å². The van der Waals surface area contributed by atoms with Crippen LogP contribution in [-0.2, 0) is 20.6 Å². The van der Waals surface area contributed by atoms with Crippen LogP contribution in [0.15, 0.2) is 64.3 Å². The molecule has 2 heterocycles. The van der Waals surface area contributed by atoms with E-state index in [1.165, 1.54) is 38.0 Å². The summed E-state index contributed by atoms with van der Waals surface area (Å²) in [5, 5.41) is 13.5. The average molecular weight is 635 g/mol. The van der Waals surface area contributed by atoms with Crippen LogP contribution in [0.3, 0.4) is 0 Å². The number of likely N-dealkylation sites (tertiary alicyclic amines) is 1. The summed E-state index contributed by atoms with van der Waals surface area (Å²) in [4.78, 5) is 39.9. The van der Waals surface area contributed by atoms with E-state index < -0.39 is 28.6 Å². The van der Waals surface area contributed by atoms with Gasteiger partial charge >= 0.3 is 5.69 Å². The van der Waals surface area contributed by atoms with Gasteiger partial charge in [-0.1, -0.05) is 41.9 Å². The molecule has 9 nitrogen and oxygen atoms in total. The molecular weight excluding hydrogens is 599 g/mol. The first-order chi connectivity index (χ1) is 21.3. The third-order valence-electron chi connectivity index (χ3n) is 8.56. The van der Waals surface area contributed by atoms with Gasteiger partial charge in [-0.15, -0.1) is 0 Å². The number of anilines is 1. The number of benzene rings is 3. The van der Waals surface area contributed by atoms with Crippen LogP contribution in [0.5, 0.6) is 5.75 Å². The highest BCUT2D eigenvalue weighted by atomic mass is 35.5. The number of carbonyl (C=O) groups excluding carboxylic acids is 1. The van der Waals surface area contributed by atoms with Crippen LogP contribution in [0.2, 0.25) is 5.02 Å². The topological polar surface area (TPSA) is 106 Å². The Bertz CT molecular complexity index is 1910. The van der Waals surface area contributed by atoms with Crippen molar-refractivity contribution in [3.8, 4) is 28.0 Å². The van der Waals surface area contributed by atoms with Crippen molar-refractivity contribution in [1.82, 2.24) is 14.0 Å². The fourth-order valence-corrected chi connectivity index (χ4v) is 6.04. The zero-order chi connectivity index (χ0) is 32.6. The summed E-state index contributed by atoms with van der Waals surface area (Å²) in [5.41, 5.74) is 2.07. The van der Waals surface area contributed by atoms with Gasteiger partial charge in [0.25, 0.3) is 11.5 Å². The number of rotatable bonds is 7. The smallest absolute Gasteiger partial charge is 0.330 e. The van der Waals surface area contributed by atoms with E-state index >= 15 is 4.39 Å². The summed E-state index contributed by atoms with van der Waals surface area (Å²) < 4.78 is 23.3. The number of methoxy groups -OCH3 is 1. The second-order valence-electron chi connectivity index (χ2n) is 11.8. The molecule has 0 atom stereocenters. The molecule has 0 aliphatic carbocycles. The predicted octanol–water partition coefficient (Wildman–Crippen LogP) is 5.13. The Morgan fingerprint density at radius 2 is 1.71 bits per heavy atom. The Balaban J connectivity index is 1.46. The summed E-state index contributed by atoms with van der Waals surface area (Å²) in [5.74, 6) is -0.647. The van der Waals surface area contributed by atoms with Crippen LogP contribution in [-0.4, -0.2) is 50.8 Å². The fourth-order valence-electron chi connectivity index (χ4n) is 5.70. The first-order valence-corrected chi connectivity index (χ1v) is 15.0. The standard InChI is InChI=1S/C34H36ClFN4O5/c1-20-22(8-7-11-28(20)37-31(41)26-18-38(3)33(43)39(4)32(26)42)24-10-6-9-23(30(24)35)21-16-27(36)25(29(17-21)45-5)19-40-14-12-34(2,44)13-15-40/h6-11,16-18,44H,12-15,19H2,1-5H3,(H,37,41). The quantitative estimate of drug-likeness (QED) is 0.292. The van der Waals surface area contributed by atoms with Crippen LogP contribution < -0.4 is 21.3 Å². The number of aliphatic hydroxyl groups is 1. The van der Waals surface area contributed by atoms with Gasteiger partial charge < -0.3 is 19.7 Å². The van der Waals surface area contributed by atoms with E-state index in [4.69, 9.17) is 16.3 Å². The second-order valence-corrected chi connectivity index (χ2v) is 12.2. The number of amides is 1. The molecule has 5 rings (SSSR count). The van der Waals surface area contributed by atoms with E-state index in [2.05, 4.69) is 10.2 Å². The lowest BCUT2D eigenvalue weighted by Gasteiger charge is -2.36. The van der Waals surface area contributed by atoms with Crippen molar-refractivity contribution >= 4 is 23.2 Å². The van der Waals surface area contributed by atoms with Crippen molar-refractivity contribution in [3.05, 3.63) is 103 Å². The van der Waals surface area contributed by atoms with E-state index in [1.54, 1.807) is 18.2 Å². The molecule has 1 aliphatic heterocycles. The Morgan fingerprint density at radius 3 is 2.40 bits per heavy atom. The van der Waals surface area contributed by atoms with Crippen LogP contribution in [0, 0.1) is 12.7 Å². The normalized spacial score (nSPS) is 14.8. The highest BCUT2D eigenvalue weighted by Crippen LogP contribution is 2.41. The minimum Gasteiger partial charge on any atom is -0.496 e. The molecule has 1 amide bonds. The van der Waals surface area contributed by atoms with Gasteiger partial charge in [0.2, 0.25) is 0 Å². The SMILES string of the molecule is COc1cc(-c2cccc(-c3cccc(NC(=O)c4cn(C)c(=O)n(C)c4=O)c3C)c2Cl)cc(F)c1CN1CCC(C)(O)CC1. The van der Waals surface area contributed by atoms with Gasteiger partial charge in [-0.2, -0.15) is 0 Å². The van der Waals surface area contributed by atoms with Gasteiger partial charge in [0.05, 0.1) is 17.7 Å². The van der Waals surface area contributed by atoms with E-state index in [9.17, 15) is 19.5 Å². The molecule has 0 saturated carbocycles. The third-order valence-corrected chi connectivity index (χ3v) is 8.97. The zero-order valence-corrected chi connectivity index (χ0v) is 26.7. The summed E-state index contributed by atoms with van der Waals surface area (Å²) in [6, 6.07) is 14.1. The summed E-state index contributed by atoms with van der Waals surface area (Å²) in [7, 11) is 4.29. The van der Waals surface area contributed by atoms with Gasteiger partial charge in [0.1, 0.15) is 17.1 Å². The lowest BCUT2D eigenvalue weighted by molar-refractivity contribution is -0.00762. The number of nitrogens with one attached hydrogen (secondary N) is 1. The van der Waals surface area contributed by atoms with Crippen molar-refractivity contribution in [1.29, 1.82) is 0 Å². The van der Waals surface area contributed by atoms with Crippen LogP contribution in [0.25, 0.3) is 22.3 Å². The monoisotopic (exact) mass is 634 g/mol. The van der Waals surface area contributed by atoms with Crippen molar-refractivity contribution in [2.75, 3.05) is 25.5 Å². The zero-order valence-electron chi connectivity index (χ0n) is 25.9. The highest BCUT2D eigenvalue weighted by Gasteiger charge is 2.28. The predicted molar refractivity (Wildman–Crippen MR) is 174 cm³/mol. The highest BCUT2D eigenvalue weighted by molar-refractivity contribution is 6.36. The Morgan fingerprint density at radius 1 is 1.07 bits per heavy atom. The number of halogens is 2. The number of hydrogen-bond donors (Lipinski definition) is 2. The maximum absolute atomic E-state index is 15.6. The minimum atomic E-state index is -0.699. The summed E-state index contributed by atoms with van der Waals surface area (Å²) in [6.45, 7) is 5.33. The number of ether oxygens (including phenoxy) is 1. The number of hydrogen-bond acceptors (Lipinski definition) is 6. The molecule has 1 fully saturated rings. The first kappa shape index (κ1) is 32.2. The molecule has 2 N–H and O–H groups in total. The van der Waals surface area contributed by atoms with Crippen molar-refractivity contribution in [2.24, 2.45) is 14.1 Å². The molecule has 4 aromatic rings. The van der Waals surface area contributed by atoms with E-state index in [0.717, 1.165) is 10.1 Å². The molecule has 45 heavy (non-hydrogen) atoms. The number of aromatic nitrogens is 2. The van der Waals surface area contributed by atoms with Crippen molar-refractivity contribution in [2.45, 2.75) is 38.8 Å². The van der Waals surface area contributed by atoms with E-state index in [-0.39, 0.29) is 5.56 Å². The Hall–Kier alpha value is -4.25. The van der Waals surface area contributed by atoms with Gasteiger partial charge in [-0.25, -0.2) is 9.18 Å². The number of piperidine rings is 1. The number of aryl methyl sites for hydroxylation is 1. The molecule has 1 aromatic heterocycles. The van der Waals surface area contributed by atoms with Gasteiger partial charge in [-0.3, -0.25) is 19.1 Å². The fraction of sp³-hybridized carbons (Fsp3) is 0.324. The van der Waals surface area contributed by atoms with Gasteiger partial charge in [-0.05, 0) is 61.6 Å². The molecule has 0 radical (unpaired) electrons. The van der Waals surface area contributed by atoms with Crippen molar-refractivity contribution in [3.63, 3.8) is 0 Å². The molecule has 0 spiro atoms. The summed E-state index contributed by atoms with van der Waals surface area (Å²) in [6.07, 6.45) is 2.45. The molecule has 3 aromatic carbocycles. The van der Waals surface area contributed by atoms with Crippen LogP contribution in [0.4, 0.5) is 10.1 Å². The largest absolute Gasteiger partial charge is 0.496 e.